The van der Waals surface area contributed by atoms with E-state index >= 15 is 0 Å². The van der Waals surface area contributed by atoms with Gasteiger partial charge in [0, 0.05) is 127 Å². The molecule has 6 rings (SSSR count). The molecule has 3 aromatic heterocycles. The van der Waals surface area contributed by atoms with E-state index in [-0.39, 0.29) is 29.2 Å². The fraction of sp³-hybridized carbons (Fsp3) is 0.622. The number of halogens is 1. The number of nitrogens with one attached hydrogen (secondary N) is 8. The molecule has 3 saturated heterocycles. The van der Waals surface area contributed by atoms with Gasteiger partial charge in [-0.25, -0.2) is 24.0 Å². The van der Waals surface area contributed by atoms with Crippen molar-refractivity contribution in [3.05, 3.63) is 97.8 Å². The van der Waals surface area contributed by atoms with Crippen LogP contribution in [0.1, 0.15) is 58.6 Å². The van der Waals surface area contributed by atoms with E-state index in [2.05, 4.69) is 45.4 Å². The van der Waals surface area contributed by atoms with Crippen molar-refractivity contribution in [1.82, 2.24) is 60.1 Å². The lowest BCUT2D eigenvalue weighted by Gasteiger charge is -2.35. The quantitative estimate of drug-likeness (QED) is 0.146. The van der Waals surface area contributed by atoms with Crippen LogP contribution in [0.25, 0.3) is 0 Å². The summed E-state index contributed by atoms with van der Waals surface area (Å²) in [6.45, 7) is 21.7. The summed E-state index contributed by atoms with van der Waals surface area (Å²) in [6, 6.07) is 4.06. The highest BCUT2D eigenvalue weighted by atomic mass is 35.5. The molecule has 334 valence electrons. The van der Waals surface area contributed by atoms with E-state index in [1.807, 2.05) is 46.5 Å². The average Bonchev–Trinajstić information content (AvgIpc) is 3.14. The van der Waals surface area contributed by atoms with Gasteiger partial charge in [0.1, 0.15) is 11.2 Å². The number of piperazine rings is 3. The summed E-state index contributed by atoms with van der Waals surface area (Å²) in [6.07, 6.45) is -0.509. The van der Waals surface area contributed by atoms with E-state index in [1.54, 1.807) is 9.80 Å². The number of aromatic amines is 6. The number of hydrogen-bond donors (Lipinski definition) is 8. The van der Waals surface area contributed by atoms with Gasteiger partial charge in [0.05, 0.1) is 5.88 Å². The minimum Gasteiger partial charge on any atom is -0.444 e. The summed E-state index contributed by atoms with van der Waals surface area (Å²) in [5.41, 5.74) is -1.87. The maximum atomic E-state index is 12.0. The van der Waals surface area contributed by atoms with Crippen molar-refractivity contribution in [3.63, 3.8) is 0 Å². The zero-order valence-corrected chi connectivity index (χ0v) is 35.8. The van der Waals surface area contributed by atoms with Crippen LogP contribution in [0.15, 0.2) is 47.0 Å². The number of amides is 2. The van der Waals surface area contributed by atoms with E-state index in [4.69, 9.17) is 21.1 Å². The Labute approximate surface area is 350 Å². The Hall–Kier alpha value is -5.29. The number of nitrogens with zero attached hydrogens (tertiary/aromatic N) is 4. The van der Waals surface area contributed by atoms with E-state index in [1.165, 1.54) is 18.2 Å². The van der Waals surface area contributed by atoms with Gasteiger partial charge in [-0.15, -0.1) is 11.6 Å². The number of carbonyl (C=O) groups excluding carboxylic acids is 2. The van der Waals surface area contributed by atoms with Crippen molar-refractivity contribution in [1.29, 1.82) is 0 Å². The SMILES string of the molecule is CC(C)(C)OC(=O)N1CCN(Cc2cc(=O)[nH]c(=O)[nH]2)CC1.CC(C)(C)OC(=O)N1CCNCC1.O=c1cc(CCl)[nH]c(=O)[nH]1.O=c1cc(CN2CCNCC2)[nH]c(=O)[nH]1. The Bertz CT molecular complexity index is 2080. The third kappa shape index (κ3) is 19.6. The monoisotopic (exact) mass is 866 g/mol. The molecule has 3 aromatic rings. The van der Waals surface area contributed by atoms with Crippen LogP contribution in [0.2, 0.25) is 0 Å². The van der Waals surface area contributed by atoms with Gasteiger partial charge >= 0.3 is 29.3 Å². The molecule has 8 N–H and O–H groups in total. The minimum absolute atomic E-state index is 0.138. The van der Waals surface area contributed by atoms with Crippen LogP contribution in [0.3, 0.4) is 0 Å². The van der Waals surface area contributed by atoms with Crippen LogP contribution >= 0.6 is 11.6 Å². The molecule has 0 unspecified atom stereocenters. The van der Waals surface area contributed by atoms with Crippen molar-refractivity contribution < 1.29 is 19.1 Å². The molecular weight excluding hydrogens is 808 g/mol. The fourth-order valence-corrected chi connectivity index (χ4v) is 5.88. The molecule has 3 aliphatic rings. The van der Waals surface area contributed by atoms with Crippen LogP contribution in [0, 0.1) is 0 Å². The standard InChI is InChI=1S/C14H22N4O4.C9H14N4O2.C9H18N2O2.C5H5ClN2O2/c1-14(2,3)22-13(21)18-6-4-17(5-7-18)9-10-8-11(19)16-12(20)15-10;14-8-5-7(11-9(15)12-8)6-13-3-1-10-2-4-13;1-9(2,3)13-8(12)11-6-4-10-5-7-11;6-2-3-1-4(9)8-5(10)7-3/h8H,4-7,9H2,1-3H3,(H2,15,16,19,20);5,10H,1-4,6H2,(H2,11,12,14,15);10H,4-7H2,1-3H3;1H,2H2,(H2,7,8,9,10). The molecule has 60 heavy (non-hydrogen) atoms. The number of alkyl halides is 1. The number of ether oxygens (including phenoxy) is 2. The summed E-state index contributed by atoms with van der Waals surface area (Å²) in [7, 11) is 0. The topological polar surface area (TPSA) is 287 Å². The molecule has 0 spiro atoms. The molecule has 3 fully saturated rings. The second-order valence-electron chi connectivity index (χ2n) is 16.0. The molecule has 22 nitrogen and oxygen atoms in total. The minimum atomic E-state index is -0.525. The highest BCUT2D eigenvalue weighted by Gasteiger charge is 2.26. The van der Waals surface area contributed by atoms with Gasteiger partial charge in [0.15, 0.2) is 0 Å². The number of hydrogen-bond acceptors (Lipinski definition) is 14. The highest BCUT2D eigenvalue weighted by molar-refractivity contribution is 6.16. The predicted octanol–water partition coefficient (Wildman–Crippen LogP) is -0.787. The fourth-order valence-electron chi connectivity index (χ4n) is 5.74. The molecule has 0 saturated carbocycles. The van der Waals surface area contributed by atoms with Crippen molar-refractivity contribution in [3.8, 4) is 0 Å². The lowest BCUT2D eigenvalue weighted by Crippen LogP contribution is -2.49. The first-order valence-corrected chi connectivity index (χ1v) is 20.1. The van der Waals surface area contributed by atoms with Crippen LogP contribution in [-0.2, 0) is 28.4 Å². The largest absolute Gasteiger partial charge is 0.444 e. The Morgan fingerprint density at radius 1 is 0.517 bits per heavy atom. The molecule has 0 atom stereocenters. The third-order valence-corrected chi connectivity index (χ3v) is 8.67. The molecule has 0 bridgehead atoms. The van der Waals surface area contributed by atoms with Crippen molar-refractivity contribution in [2.45, 2.75) is 71.7 Å². The number of aromatic nitrogens is 6. The zero-order valence-electron chi connectivity index (χ0n) is 35.1. The van der Waals surface area contributed by atoms with E-state index in [0.29, 0.717) is 56.4 Å². The summed E-state index contributed by atoms with van der Waals surface area (Å²) < 4.78 is 10.6. The Balaban J connectivity index is 0.000000223. The van der Waals surface area contributed by atoms with Gasteiger partial charge in [-0.2, -0.15) is 0 Å². The molecular formula is C37H59ClN12O10. The van der Waals surface area contributed by atoms with Gasteiger partial charge in [0.25, 0.3) is 16.7 Å². The number of carbonyl (C=O) groups is 2. The van der Waals surface area contributed by atoms with Crippen LogP contribution in [-0.4, -0.2) is 151 Å². The molecule has 0 aromatic carbocycles. The number of rotatable bonds is 5. The normalized spacial score (nSPS) is 16.2. The Morgan fingerprint density at radius 3 is 1.22 bits per heavy atom. The van der Waals surface area contributed by atoms with Crippen molar-refractivity contribution in [2.24, 2.45) is 0 Å². The van der Waals surface area contributed by atoms with Gasteiger partial charge in [-0.05, 0) is 41.5 Å². The molecule has 0 radical (unpaired) electrons. The predicted molar refractivity (Wildman–Crippen MR) is 225 cm³/mol. The zero-order chi connectivity index (χ0) is 44.5. The molecule has 2 amide bonds. The van der Waals surface area contributed by atoms with Gasteiger partial charge in [0.2, 0.25) is 0 Å². The Kier molecular flexibility index (Phi) is 19.2. The second-order valence-corrected chi connectivity index (χ2v) is 16.2. The molecule has 23 heteroatoms. The average molecular weight is 867 g/mol. The highest BCUT2D eigenvalue weighted by Crippen LogP contribution is 2.13. The lowest BCUT2D eigenvalue weighted by molar-refractivity contribution is 0.0137. The van der Waals surface area contributed by atoms with E-state index in [9.17, 15) is 38.4 Å². The summed E-state index contributed by atoms with van der Waals surface area (Å²) in [5, 5.41) is 6.42. The maximum Gasteiger partial charge on any atom is 0.410 e. The Morgan fingerprint density at radius 2 is 0.850 bits per heavy atom. The maximum absolute atomic E-state index is 12.0. The van der Waals surface area contributed by atoms with Crippen LogP contribution in [0.4, 0.5) is 9.59 Å². The molecule has 6 heterocycles. The van der Waals surface area contributed by atoms with Gasteiger partial charge in [-0.3, -0.25) is 39.1 Å². The first-order chi connectivity index (χ1) is 28.2. The van der Waals surface area contributed by atoms with E-state index < -0.39 is 33.8 Å². The molecule has 0 aliphatic carbocycles. The lowest BCUT2D eigenvalue weighted by atomic mass is 10.2. The van der Waals surface area contributed by atoms with Crippen molar-refractivity contribution >= 4 is 23.8 Å². The molecule has 3 aliphatic heterocycles. The van der Waals surface area contributed by atoms with E-state index in [0.717, 1.165) is 52.4 Å². The third-order valence-electron chi connectivity index (χ3n) is 8.38. The summed E-state index contributed by atoms with van der Waals surface area (Å²) in [4.78, 5) is 111. The number of H-pyrrole nitrogens is 6. The first kappa shape index (κ1) is 49.1. The summed E-state index contributed by atoms with van der Waals surface area (Å²) >= 11 is 5.35. The van der Waals surface area contributed by atoms with Crippen molar-refractivity contribution in [2.75, 3.05) is 78.5 Å². The van der Waals surface area contributed by atoms with Gasteiger partial charge in [-0.1, -0.05) is 0 Å². The van der Waals surface area contributed by atoms with Gasteiger partial charge < -0.3 is 44.9 Å². The van der Waals surface area contributed by atoms with Crippen LogP contribution < -0.4 is 44.4 Å². The van der Waals surface area contributed by atoms with Crippen LogP contribution in [0.5, 0.6) is 0 Å². The smallest absolute Gasteiger partial charge is 0.410 e. The second kappa shape index (κ2) is 23.5. The first-order valence-electron chi connectivity index (χ1n) is 19.5. The summed E-state index contributed by atoms with van der Waals surface area (Å²) in [5.74, 6) is 0.138.